The van der Waals surface area contributed by atoms with Crippen molar-refractivity contribution in [3.05, 3.63) is 27.8 Å². The molecule has 2 heteroatoms. The first-order valence-corrected chi connectivity index (χ1v) is 4.72. The lowest BCUT2D eigenvalue weighted by atomic mass is 9.91. The fourth-order valence-corrected chi connectivity index (χ4v) is 1.76. The summed E-state index contributed by atoms with van der Waals surface area (Å²) in [4.78, 5) is 0. The standard InChI is InChI=1S/C12H16N2/c1-7-9(3)12(14)10(4)8(2)11(7)5-6-13/h5,14H2,1-4H3. The van der Waals surface area contributed by atoms with E-state index in [4.69, 9.17) is 11.0 Å². The Bertz CT molecular complexity index is 382. The molecule has 2 N–H and O–H groups in total. The Hall–Kier alpha value is -1.49. The smallest absolute Gasteiger partial charge is 0.0669 e. The molecule has 0 aliphatic rings. The second kappa shape index (κ2) is 3.71. The van der Waals surface area contributed by atoms with Crippen LogP contribution in [0.3, 0.4) is 0 Å². The van der Waals surface area contributed by atoms with Crippen LogP contribution in [0.15, 0.2) is 0 Å². The normalized spacial score (nSPS) is 9.93. The third kappa shape index (κ3) is 1.46. The first-order valence-electron chi connectivity index (χ1n) is 4.72. The summed E-state index contributed by atoms with van der Waals surface area (Å²) in [5.74, 6) is 0. The van der Waals surface area contributed by atoms with Gasteiger partial charge >= 0.3 is 0 Å². The monoisotopic (exact) mass is 188 g/mol. The van der Waals surface area contributed by atoms with E-state index in [-0.39, 0.29) is 0 Å². The lowest BCUT2D eigenvalue weighted by Crippen LogP contribution is -2.04. The summed E-state index contributed by atoms with van der Waals surface area (Å²) in [6, 6.07) is 2.20. The van der Waals surface area contributed by atoms with Gasteiger partial charge in [0.05, 0.1) is 12.5 Å². The van der Waals surface area contributed by atoms with Gasteiger partial charge in [-0.1, -0.05) is 0 Å². The molecule has 2 nitrogen and oxygen atoms in total. The molecule has 0 aromatic heterocycles. The molecule has 0 aliphatic carbocycles. The first kappa shape index (κ1) is 10.6. The van der Waals surface area contributed by atoms with Crippen LogP contribution in [-0.2, 0) is 6.42 Å². The topological polar surface area (TPSA) is 49.8 Å². The number of nitrogens with two attached hydrogens (primary N) is 1. The number of benzene rings is 1. The van der Waals surface area contributed by atoms with Gasteiger partial charge in [0.15, 0.2) is 0 Å². The van der Waals surface area contributed by atoms with E-state index in [1.54, 1.807) is 0 Å². The van der Waals surface area contributed by atoms with E-state index >= 15 is 0 Å². The van der Waals surface area contributed by atoms with Crippen LogP contribution in [-0.4, -0.2) is 0 Å². The summed E-state index contributed by atoms with van der Waals surface area (Å²) in [6.45, 7) is 8.09. The molecule has 0 atom stereocenters. The van der Waals surface area contributed by atoms with Crippen molar-refractivity contribution in [2.75, 3.05) is 5.73 Å². The number of hydrogen-bond donors (Lipinski definition) is 1. The van der Waals surface area contributed by atoms with Gasteiger partial charge in [0, 0.05) is 5.69 Å². The van der Waals surface area contributed by atoms with E-state index in [2.05, 4.69) is 6.07 Å². The number of nitrogen functional groups attached to an aromatic ring is 1. The van der Waals surface area contributed by atoms with Gasteiger partial charge in [-0.25, -0.2) is 0 Å². The Morgan fingerprint density at radius 3 is 1.79 bits per heavy atom. The Balaban J connectivity index is 3.53. The first-order chi connectivity index (χ1) is 6.50. The Kier molecular flexibility index (Phi) is 2.81. The molecular formula is C12H16N2. The van der Waals surface area contributed by atoms with Crippen molar-refractivity contribution in [3.63, 3.8) is 0 Å². The van der Waals surface area contributed by atoms with Crippen molar-refractivity contribution in [2.45, 2.75) is 34.1 Å². The van der Waals surface area contributed by atoms with Crippen molar-refractivity contribution in [3.8, 4) is 6.07 Å². The van der Waals surface area contributed by atoms with Crippen LogP contribution in [0.4, 0.5) is 5.69 Å². The highest BCUT2D eigenvalue weighted by molar-refractivity contribution is 5.62. The number of nitrogens with zero attached hydrogens (tertiary/aromatic N) is 1. The SMILES string of the molecule is Cc1c(C)c(CC#N)c(C)c(C)c1N. The van der Waals surface area contributed by atoms with Crippen molar-refractivity contribution in [2.24, 2.45) is 0 Å². The van der Waals surface area contributed by atoms with Crippen LogP contribution in [0, 0.1) is 39.0 Å². The number of nitriles is 1. The van der Waals surface area contributed by atoms with Crippen LogP contribution in [0.1, 0.15) is 27.8 Å². The lowest BCUT2D eigenvalue weighted by Gasteiger charge is -2.16. The molecule has 14 heavy (non-hydrogen) atoms. The van der Waals surface area contributed by atoms with Gasteiger partial charge in [-0.05, 0) is 55.5 Å². The molecule has 0 fully saturated rings. The zero-order valence-electron chi connectivity index (χ0n) is 9.23. The summed E-state index contributed by atoms with van der Waals surface area (Å²) in [5, 5.41) is 8.74. The maximum Gasteiger partial charge on any atom is 0.0669 e. The van der Waals surface area contributed by atoms with E-state index in [0.29, 0.717) is 6.42 Å². The van der Waals surface area contributed by atoms with Gasteiger partial charge in [0.25, 0.3) is 0 Å². The van der Waals surface area contributed by atoms with E-state index in [1.165, 1.54) is 0 Å². The second-order valence-electron chi connectivity index (χ2n) is 3.73. The number of anilines is 1. The van der Waals surface area contributed by atoms with Crippen molar-refractivity contribution in [1.82, 2.24) is 0 Å². The van der Waals surface area contributed by atoms with Crippen molar-refractivity contribution >= 4 is 5.69 Å². The van der Waals surface area contributed by atoms with Crippen LogP contribution in [0.2, 0.25) is 0 Å². The Labute approximate surface area is 85.4 Å². The maximum atomic E-state index is 8.74. The summed E-state index contributed by atoms with van der Waals surface area (Å²) >= 11 is 0. The van der Waals surface area contributed by atoms with Crippen LogP contribution >= 0.6 is 0 Å². The predicted molar refractivity (Wildman–Crippen MR) is 59.1 cm³/mol. The van der Waals surface area contributed by atoms with Gasteiger partial charge in [-0.15, -0.1) is 0 Å². The van der Waals surface area contributed by atoms with Gasteiger partial charge in [-0.2, -0.15) is 5.26 Å². The zero-order valence-corrected chi connectivity index (χ0v) is 9.23. The minimum atomic E-state index is 0.472. The highest BCUT2D eigenvalue weighted by Gasteiger charge is 2.11. The minimum absolute atomic E-state index is 0.472. The fourth-order valence-electron chi connectivity index (χ4n) is 1.76. The minimum Gasteiger partial charge on any atom is -0.398 e. The second-order valence-corrected chi connectivity index (χ2v) is 3.73. The van der Waals surface area contributed by atoms with Gasteiger partial charge < -0.3 is 5.73 Å². The molecule has 0 heterocycles. The molecule has 0 radical (unpaired) electrons. The summed E-state index contributed by atoms with van der Waals surface area (Å²) in [5.41, 5.74) is 12.5. The average molecular weight is 188 g/mol. The highest BCUT2D eigenvalue weighted by Crippen LogP contribution is 2.28. The Morgan fingerprint density at radius 1 is 1.00 bits per heavy atom. The van der Waals surface area contributed by atoms with Gasteiger partial charge in [0.1, 0.15) is 0 Å². The molecule has 74 valence electrons. The molecule has 0 saturated heterocycles. The van der Waals surface area contributed by atoms with E-state index < -0.39 is 0 Å². The van der Waals surface area contributed by atoms with Crippen LogP contribution in [0.5, 0.6) is 0 Å². The number of rotatable bonds is 1. The van der Waals surface area contributed by atoms with E-state index in [0.717, 1.165) is 33.5 Å². The van der Waals surface area contributed by atoms with Crippen LogP contribution < -0.4 is 5.73 Å². The quantitative estimate of drug-likeness (QED) is 0.688. The third-order valence-electron chi connectivity index (χ3n) is 3.09. The molecule has 0 spiro atoms. The van der Waals surface area contributed by atoms with Gasteiger partial charge in [0.2, 0.25) is 0 Å². The molecule has 0 unspecified atom stereocenters. The lowest BCUT2D eigenvalue weighted by molar-refractivity contribution is 1.12. The predicted octanol–water partition coefficient (Wildman–Crippen LogP) is 2.57. The fraction of sp³-hybridized carbons (Fsp3) is 0.417. The molecule has 0 bridgehead atoms. The molecule has 0 amide bonds. The molecule has 1 aromatic carbocycles. The molecule has 0 saturated carbocycles. The molecule has 0 aliphatic heterocycles. The summed E-state index contributed by atoms with van der Waals surface area (Å²) < 4.78 is 0. The van der Waals surface area contributed by atoms with Gasteiger partial charge in [-0.3, -0.25) is 0 Å². The average Bonchev–Trinajstić information content (AvgIpc) is 2.19. The van der Waals surface area contributed by atoms with E-state index in [1.807, 2.05) is 27.7 Å². The molecule has 1 aromatic rings. The summed E-state index contributed by atoms with van der Waals surface area (Å²) in [6.07, 6.45) is 0.472. The van der Waals surface area contributed by atoms with E-state index in [9.17, 15) is 0 Å². The zero-order chi connectivity index (χ0) is 10.9. The highest BCUT2D eigenvalue weighted by atomic mass is 14.6. The summed E-state index contributed by atoms with van der Waals surface area (Å²) in [7, 11) is 0. The maximum absolute atomic E-state index is 8.74. The molecule has 1 rings (SSSR count). The third-order valence-corrected chi connectivity index (χ3v) is 3.09. The van der Waals surface area contributed by atoms with Crippen LogP contribution in [0.25, 0.3) is 0 Å². The largest absolute Gasteiger partial charge is 0.398 e. The Morgan fingerprint density at radius 2 is 1.43 bits per heavy atom. The van der Waals surface area contributed by atoms with Crippen molar-refractivity contribution < 1.29 is 0 Å². The number of hydrogen-bond acceptors (Lipinski definition) is 2. The van der Waals surface area contributed by atoms with Crippen molar-refractivity contribution in [1.29, 1.82) is 5.26 Å². The molecular weight excluding hydrogens is 172 g/mol.